The van der Waals surface area contributed by atoms with Crippen LogP contribution in [0.2, 0.25) is 0 Å². The van der Waals surface area contributed by atoms with Crippen LogP contribution >= 0.6 is 0 Å². The van der Waals surface area contributed by atoms with E-state index in [1.54, 1.807) is 6.07 Å². The second-order valence-corrected chi connectivity index (χ2v) is 12.1. The highest BCUT2D eigenvalue weighted by molar-refractivity contribution is 6.14. The summed E-state index contributed by atoms with van der Waals surface area (Å²) >= 11 is 0. The number of benzene rings is 4. The van der Waals surface area contributed by atoms with Crippen LogP contribution in [0.1, 0.15) is 34.2 Å². The first-order valence-corrected chi connectivity index (χ1v) is 16.4. The van der Waals surface area contributed by atoms with E-state index in [4.69, 9.17) is 15.1 Å². The van der Waals surface area contributed by atoms with E-state index in [0.717, 1.165) is 52.8 Å². The Kier molecular flexibility index (Phi) is 10.8. The third kappa shape index (κ3) is 8.16. The molecule has 6 aromatic rings. The number of rotatable bonds is 13. The number of ether oxygens (including phenoxy) is 1. The van der Waals surface area contributed by atoms with Crippen LogP contribution in [0, 0.1) is 18.2 Å². The number of hydrogen-bond acceptors (Lipinski definition) is 7. The Hall–Kier alpha value is -6.00. The fourth-order valence-electron chi connectivity index (χ4n) is 5.70. The predicted molar refractivity (Wildman–Crippen MR) is 199 cm³/mol. The number of anilines is 2. The van der Waals surface area contributed by atoms with E-state index >= 15 is 4.39 Å². The lowest BCUT2D eigenvalue weighted by Crippen LogP contribution is -2.15. The van der Waals surface area contributed by atoms with E-state index in [0.29, 0.717) is 41.3 Å². The lowest BCUT2D eigenvalue weighted by molar-refractivity contribution is 0.282. The number of pyridine rings is 1. The van der Waals surface area contributed by atoms with Crippen molar-refractivity contribution in [2.75, 3.05) is 32.6 Å². The molecule has 252 valence electrons. The van der Waals surface area contributed by atoms with E-state index in [1.165, 1.54) is 6.33 Å². The number of nitrogens with zero attached hydrogens (tertiary/aromatic N) is 5. The van der Waals surface area contributed by atoms with Crippen molar-refractivity contribution >= 4 is 40.1 Å². The summed E-state index contributed by atoms with van der Waals surface area (Å²) in [5, 5.41) is 10.8. The summed E-state index contributed by atoms with van der Waals surface area (Å²) in [4.78, 5) is 23.1. The molecule has 2 heterocycles. The monoisotopic (exact) mass is 666 g/mol. The maximum atomic E-state index is 17.1. The van der Waals surface area contributed by atoms with Gasteiger partial charge in [0.15, 0.2) is 5.82 Å². The van der Waals surface area contributed by atoms with Gasteiger partial charge in [0.05, 0.1) is 23.2 Å². The molecule has 9 nitrogen and oxygen atoms in total. The summed E-state index contributed by atoms with van der Waals surface area (Å²) in [6, 6.07) is 31.2. The first-order chi connectivity index (χ1) is 24.4. The molecule has 0 aliphatic rings. The van der Waals surface area contributed by atoms with Crippen molar-refractivity contribution in [2.24, 2.45) is 9.98 Å². The zero-order chi connectivity index (χ0) is 34.9. The maximum Gasteiger partial charge on any atom is 0.165 e. The van der Waals surface area contributed by atoms with Gasteiger partial charge in [-0.25, -0.2) is 24.3 Å². The van der Waals surface area contributed by atoms with Gasteiger partial charge < -0.3 is 19.9 Å². The minimum atomic E-state index is -0.571. The number of hydrogen-bond donors (Lipinski definition) is 3. The van der Waals surface area contributed by atoms with Gasteiger partial charge >= 0.3 is 0 Å². The fourth-order valence-corrected chi connectivity index (χ4v) is 5.70. The van der Waals surface area contributed by atoms with Gasteiger partial charge in [-0.2, -0.15) is 0 Å². The number of fused-ring (bicyclic) bond motifs is 1. The Morgan fingerprint density at radius 1 is 0.960 bits per heavy atom. The molecule has 0 spiro atoms. The molecule has 2 aromatic heterocycles. The van der Waals surface area contributed by atoms with Crippen LogP contribution in [-0.4, -0.2) is 59.1 Å². The van der Waals surface area contributed by atoms with Crippen molar-refractivity contribution in [3.05, 3.63) is 149 Å². The summed E-state index contributed by atoms with van der Waals surface area (Å²) < 4.78 is 23.3. The molecule has 0 atom stereocenters. The molecule has 0 fully saturated rings. The number of aliphatic imine (C=N–C) groups is 1. The molecule has 0 saturated heterocycles. The summed E-state index contributed by atoms with van der Waals surface area (Å²) in [7, 11) is 4.01. The van der Waals surface area contributed by atoms with Crippen LogP contribution in [0.3, 0.4) is 0 Å². The van der Waals surface area contributed by atoms with Gasteiger partial charge in [0.1, 0.15) is 35.4 Å². The Morgan fingerprint density at radius 3 is 2.38 bits per heavy atom. The van der Waals surface area contributed by atoms with Gasteiger partial charge in [0.2, 0.25) is 0 Å². The van der Waals surface area contributed by atoms with Gasteiger partial charge in [0, 0.05) is 35.6 Å². The van der Waals surface area contributed by atoms with Crippen LogP contribution < -0.4 is 15.5 Å². The average molecular weight is 667 g/mol. The lowest BCUT2D eigenvalue weighted by Gasteiger charge is -2.16. The highest BCUT2D eigenvalue weighted by Crippen LogP contribution is 2.40. The van der Waals surface area contributed by atoms with Gasteiger partial charge in [-0.1, -0.05) is 66.7 Å². The Balaban J connectivity index is 1.41. The number of aromatic amines is 1. The molecular formula is C40H39FN8O. The Bertz CT molecular complexity index is 2160. The van der Waals surface area contributed by atoms with Gasteiger partial charge in [0.25, 0.3) is 0 Å². The molecule has 0 saturated carbocycles. The summed E-state index contributed by atoms with van der Waals surface area (Å²) in [6.07, 6.45) is 5.71. The molecule has 0 bridgehead atoms. The quantitative estimate of drug-likeness (QED) is 0.0663. The molecule has 10 heteroatoms. The largest absolute Gasteiger partial charge is 0.491 e. The smallest absolute Gasteiger partial charge is 0.165 e. The second kappa shape index (κ2) is 15.9. The summed E-state index contributed by atoms with van der Waals surface area (Å²) in [5.74, 6) is 0.0729. The number of H-pyrrole nitrogens is 1. The second-order valence-electron chi connectivity index (χ2n) is 12.1. The third-order valence-electron chi connectivity index (χ3n) is 8.18. The van der Waals surface area contributed by atoms with E-state index in [-0.39, 0.29) is 11.1 Å². The van der Waals surface area contributed by atoms with Gasteiger partial charge in [-0.3, -0.25) is 5.41 Å². The van der Waals surface area contributed by atoms with Crippen molar-refractivity contribution in [1.82, 2.24) is 19.9 Å². The average Bonchev–Trinajstić information content (AvgIpc) is 3.12. The van der Waals surface area contributed by atoms with Crippen molar-refractivity contribution in [3.8, 4) is 5.75 Å². The third-order valence-corrected chi connectivity index (χ3v) is 8.18. The standard InChI is InChI=1S/C40H39FN8O/c1-27-21-32(16-15-31(27)22-28-17-18-43-35(23-28)44-25-42)47-40-36-33(45-26-46-40)24-34(50-20-10-19-49(2)3)39(37(36)41)48-38(29-11-6-4-7-12-29)30-13-8-5-9-14-30/h4-9,11-18,21,23-26H,10,19-20,22H2,1-3H3,(H2,42,43,44)(H,45,46,47). The SMILES string of the molecule is Cc1cc(Nc2ncnc3cc(OCCCN(C)C)c(N=C(c4ccccc4)c4ccccc4)c(F)c23)ccc1Cc1cc[nH]/c(=N\C=N)c1. The summed E-state index contributed by atoms with van der Waals surface area (Å²) in [5.41, 5.74) is 7.45. The van der Waals surface area contributed by atoms with E-state index < -0.39 is 5.82 Å². The normalized spacial score (nSPS) is 11.5. The molecule has 50 heavy (non-hydrogen) atoms. The van der Waals surface area contributed by atoms with Crippen LogP contribution in [0.15, 0.2) is 120 Å². The van der Waals surface area contributed by atoms with E-state index in [1.807, 2.05) is 118 Å². The minimum absolute atomic E-state index is 0.0867. The number of aromatic nitrogens is 3. The molecule has 0 unspecified atom stereocenters. The van der Waals surface area contributed by atoms with Crippen molar-refractivity contribution in [1.29, 1.82) is 5.41 Å². The molecule has 0 radical (unpaired) electrons. The topological polar surface area (TPSA) is 115 Å². The van der Waals surface area contributed by atoms with Crippen molar-refractivity contribution in [3.63, 3.8) is 0 Å². The highest BCUT2D eigenvalue weighted by atomic mass is 19.1. The van der Waals surface area contributed by atoms with E-state index in [2.05, 4.69) is 30.2 Å². The van der Waals surface area contributed by atoms with Crippen LogP contribution in [0.5, 0.6) is 5.75 Å². The highest BCUT2D eigenvalue weighted by Gasteiger charge is 2.21. The Labute approximate surface area is 290 Å². The zero-order valence-corrected chi connectivity index (χ0v) is 28.3. The van der Waals surface area contributed by atoms with Crippen LogP contribution in [-0.2, 0) is 6.42 Å². The molecule has 0 aliphatic heterocycles. The van der Waals surface area contributed by atoms with Crippen LogP contribution in [0.4, 0.5) is 21.6 Å². The zero-order valence-electron chi connectivity index (χ0n) is 28.3. The molecule has 0 amide bonds. The first-order valence-electron chi connectivity index (χ1n) is 16.4. The molecule has 3 N–H and O–H groups in total. The number of halogens is 1. The fraction of sp³-hybridized carbons (Fsp3) is 0.175. The van der Waals surface area contributed by atoms with Gasteiger partial charge in [-0.15, -0.1) is 0 Å². The minimum Gasteiger partial charge on any atom is -0.491 e. The van der Waals surface area contributed by atoms with Crippen molar-refractivity contribution < 1.29 is 9.13 Å². The summed E-state index contributed by atoms with van der Waals surface area (Å²) in [6.45, 7) is 3.26. The van der Waals surface area contributed by atoms with Gasteiger partial charge in [-0.05, 0) is 74.8 Å². The number of nitrogens with one attached hydrogen (secondary N) is 3. The van der Waals surface area contributed by atoms with Crippen LogP contribution in [0.25, 0.3) is 10.9 Å². The Morgan fingerprint density at radius 2 is 1.70 bits per heavy atom. The molecular weight excluding hydrogens is 627 g/mol. The molecule has 4 aromatic carbocycles. The molecule has 0 aliphatic carbocycles. The first kappa shape index (κ1) is 33.9. The molecule has 6 rings (SSSR count). The number of aryl methyl sites for hydroxylation is 1. The van der Waals surface area contributed by atoms with Crippen molar-refractivity contribution in [2.45, 2.75) is 19.8 Å². The predicted octanol–water partition coefficient (Wildman–Crippen LogP) is 7.75. The lowest BCUT2D eigenvalue weighted by atomic mass is 10.0. The van der Waals surface area contributed by atoms with E-state index in [9.17, 15) is 0 Å². The maximum absolute atomic E-state index is 17.1.